The summed E-state index contributed by atoms with van der Waals surface area (Å²) >= 11 is 6.37. The monoisotopic (exact) mass is 743 g/mol. The minimum Gasteiger partial charge on any atom is -0.493 e. The first-order chi connectivity index (χ1) is 24.3. The molecule has 2 fully saturated rings. The molecular formula is C37H46ClN3O9S. The van der Waals surface area contributed by atoms with Crippen molar-refractivity contribution in [3.05, 3.63) is 59.1 Å². The predicted octanol–water partition coefficient (Wildman–Crippen LogP) is 5.07. The molecule has 2 bridgehead atoms. The number of fused-ring (bicyclic) bond motifs is 4. The lowest BCUT2D eigenvalue weighted by Crippen LogP contribution is -2.51. The van der Waals surface area contributed by atoms with Crippen LogP contribution in [0.1, 0.15) is 51.5 Å². The van der Waals surface area contributed by atoms with E-state index in [4.69, 9.17) is 35.3 Å². The van der Waals surface area contributed by atoms with Gasteiger partial charge in [0.15, 0.2) is 0 Å². The molecule has 0 unspecified atom stereocenters. The Balaban J connectivity index is 1.26. The van der Waals surface area contributed by atoms with Gasteiger partial charge in [-0.1, -0.05) is 23.7 Å². The number of anilines is 1. The number of carbonyl (C=O) groups is 2. The van der Waals surface area contributed by atoms with Gasteiger partial charge in [-0.2, -0.15) is 0 Å². The van der Waals surface area contributed by atoms with E-state index in [1.807, 2.05) is 24.3 Å². The number of nitrogens with zero attached hydrogens (tertiary/aromatic N) is 2. The van der Waals surface area contributed by atoms with Gasteiger partial charge in [0.1, 0.15) is 23.2 Å². The number of halogens is 1. The van der Waals surface area contributed by atoms with E-state index in [2.05, 4.69) is 9.62 Å². The molecule has 0 radical (unpaired) electrons. The largest absolute Gasteiger partial charge is 0.493 e. The lowest BCUT2D eigenvalue weighted by atomic mass is 9.69. The van der Waals surface area contributed by atoms with E-state index in [0.717, 1.165) is 31.2 Å². The molecule has 2 amide bonds. The second kappa shape index (κ2) is 14.1. The van der Waals surface area contributed by atoms with Crippen LogP contribution in [0.4, 0.5) is 10.5 Å². The Hall–Kier alpha value is -3.52. The van der Waals surface area contributed by atoms with Crippen molar-refractivity contribution in [1.82, 2.24) is 9.62 Å². The summed E-state index contributed by atoms with van der Waals surface area (Å²) in [7, 11) is -2.49. The maximum atomic E-state index is 13.7. The number of benzene rings is 2. The van der Waals surface area contributed by atoms with Gasteiger partial charge in [0.25, 0.3) is 15.9 Å². The van der Waals surface area contributed by atoms with Gasteiger partial charge in [0, 0.05) is 55.9 Å². The van der Waals surface area contributed by atoms with Crippen molar-refractivity contribution in [3.63, 3.8) is 0 Å². The molecule has 4 aliphatic heterocycles. The minimum absolute atomic E-state index is 0.00577. The Morgan fingerprint density at radius 3 is 2.61 bits per heavy atom. The van der Waals surface area contributed by atoms with E-state index in [1.54, 1.807) is 30.2 Å². The number of nitrogens with one attached hydrogen (secondary N) is 1. The fraction of sp³-hybridized carbons (Fsp3) is 0.568. The number of amides is 2. The van der Waals surface area contributed by atoms with E-state index < -0.39 is 39.1 Å². The highest BCUT2D eigenvalue weighted by Crippen LogP contribution is 2.48. The molecule has 12 nitrogen and oxygen atoms in total. The van der Waals surface area contributed by atoms with E-state index in [1.165, 1.54) is 19.9 Å². The zero-order valence-electron chi connectivity index (χ0n) is 29.3. The topological polar surface area (TPSA) is 133 Å². The molecular weight excluding hydrogens is 698 g/mol. The van der Waals surface area contributed by atoms with Crippen molar-refractivity contribution in [2.45, 2.75) is 74.0 Å². The van der Waals surface area contributed by atoms with Crippen LogP contribution in [0.15, 0.2) is 53.4 Å². The van der Waals surface area contributed by atoms with Gasteiger partial charge in [0.2, 0.25) is 0 Å². The van der Waals surface area contributed by atoms with Gasteiger partial charge in [-0.3, -0.25) is 4.79 Å². The second-order valence-electron chi connectivity index (χ2n) is 14.8. The van der Waals surface area contributed by atoms with Gasteiger partial charge in [-0.05, 0) is 88.3 Å². The van der Waals surface area contributed by atoms with Crippen molar-refractivity contribution in [2.24, 2.45) is 11.8 Å². The third-order valence-electron chi connectivity index (χ3n) is 11.2. The first kappa shape index (κ1) is 35.9. The number of ether oxygens (including phenoxy) is 5. The van der Waals surface area contributed by atoms with Crippen molar-refractivity contribution >= 4 is 39.3 Å². The Morgan fingerprint density at radius 2 is 1.84 bits per heavy atom. The normalized spacial score (nSPS) is 28.8. The molecule has 2 aromatic rings. The summed E-state index contributed by atoms with van der Waals surface area (Å²) in [6.45, 7) is 6.15. The predicted molar refractivity (Wildman–Crippen MR) is 190 cm³/mol. The maximum Gasteiger partial charge on any atom is 0.410 e. The Labute approximate surface area is 304 Å². The summed E-state index contributed by atoms with van der Waals surface area (Å²) in [5, 5.41) is 0.576. The number of hydrogen-bond acceptors (Lipinski definition) is 10. The molecule has 4 atom stereocenters. The summed E-state index contributed by atoms with van der Waals surface area (Å²) in [5.41, 5.74) is -0.364. The lowest BCUT2D eigenvalue weighted by molar-refractivity contribution is -0.139. The highest BCUT2D eigenvalue weighted by atomic mass is 35.5. The molecule has 4 heterocycles. The van der Waals surface area contributed by atoms with Crippen LogP contribution in [0, 0.1) is 11.8 Å². The molecule has 1 spiro atoms. The molecule has 2 aromatic carbocycles. The third-order valence-corrected chi connectivity index (χ3v) is 12.8. The molecule has 5 aliphatic rings. The molecule has 1 aliphatic carbocycles. The van der Waals surface area contributed by atoms with Gasteiger partial charge in [-0.25, -0.2) is 17.9 Å². The maximum absolute atomic E-state index is 13.7. The summed E-state index contributed by atoms with van der Waals surface area (Å²) in [4.78, 5) is 30.7. The zero-order chi connectivity index (χ0) is 36.0. The van der Waals surface area contributed by atoms with Crippen LogP contribution in [-0.4, -0.2) is 96.2 Å². The highest BCUT2D eigenvalue weighted by molar-refractivity contribution is 7.90. The number of sulfonamides is 1. The third kappa shape index (κ3) is 7.27. The van der Waals surface area contributed by atoms with Crippen LogP contribution < -0.4 is 19.1 Å². The average Bonchev–Trinajstić information content (AvgIpc) is 3.24. The molecule has 51 heavy (non-hydrogen) atoms. The Bertz CT molecular complexity index is 1800. The molecule has 14 heteroatoms. The second-order valence-corrected chi connectivity index (χ2v) is 16.9. The van der Waals surface area contributed by atoms with Crippen LogP contribution in [0.3, 0.4) is 0 Å². The minimum atomic E-state index is -4.26. The highest BCUT2D eigenvalue weighted by Gasteiger charge is 2.46. The van der Waals surface area contributed by atoms with Crippen molar-refractivity contribution in [2.75, 3.05) is 58.1 Å². The SMILES string of the molecule is CN(C(=O)O[C@H]1C=CCOC(C)(C)C(=O)NS(=O)(=O)c2ccc3c(c2)N(C[C@@H]2CC[C@H]21)C[C@@]1(CCOc2cc(Cl)ccc21)CO3)C1CCOCC1. The van der Waals surface area contributed by atoms with E-state index in [-0.39, 0.29) is 29.4 Å². The summed E-state index contributed by atoms with van der Waals surface area (Å²) < 4.78 is 59.7. The lowest BCUT2D eigenvalue weighted by Gasteiger charge is -2.46. The molecule has 276 valence electrons. The number of carbonyl (C=O) groups excluding carboxylic acids is 2. The molecule has 7 rings (SSSR count). The van der Waals surface area contributed by atoms with Gasteiger partial charge in [-0.15, -0.1) is 0 Å². The van der Waals surface area contributed by atoms with Crippen LogP contribution >= 0.6 is 11.6 Å². The average molecular weight is 744 g/mol. The molecule has 0 aromatic heterocycles. The fourth-order valence-corrected chi connectivity index (χ4v) is 9.09. The van der Waals surface area contributed by atoms with Crippen molar-refractivity contribution in [1.29, 1.82) is 0 Å². The number of hydrogen-bond donors (Lipinski definition) is 1. The van der Waals surface area contributed by atoms with Gasteiger partial charge < -0.3 is 33.5 Å². The smallest absolute Gasteiger partial charge is 0.410 e. The first-order valence-electron chi connectivity index (χ1n) is 17.7. The molecule has 1 saturated carbocycles. The fourth-order valence-electron chi connectivity index (χ4n) is 7.81. The van der Waals surface area contributed by atoms with Crippen LogP contribution in [0.25, 0.3) is 0 Å². The quantitative estimate of drug-likeness (QED) is 0.416. The summed E-state index contributed by atoms with van der Waals surface area (Å²) in [6.07, 6.45) is 6.58. The molecule has 1 N–H and O–H groups in total. The summed E-state index contributed by atoms with van der Waals surface area (Å²) in [5.74, 6) is 0.552. The molecule has 1 saturated heterocycles. The van der Waals surface area contributed by atoms with Crippen LogP contribution in [0.5, 0.6) is 11.5 Å². The first-order valence-corrected chi connectivity index (χ1v) is 19.6. The van der Waals surface area contributed by atoms with E-state index in [0.29, 0.717) is 68.1 Å². The van der Waals surface area contributed by atoms with Crippen LogP contribution in [-0.2, 0) is 34.4 Å². The van der Waals surface area contributed by atoms with Gasteiger partial charge in [0.05, 0.1) is 35.8 Å². The number of rotatable bonds is 2. The summed E-state index contributed by atoms with van der Waals surface area (Å²) in [6, 6.07) is 10.4. The zero-order valence-corrected chi connectivity index (χ0v) is 30.8. The standard InChI is InChI=1S/C37H46ClN3O9S/c1-36(2)34(42)39-51(44,45)27-8-11-32-30(20-27)41(22-37(23-48-32)14-18-47-33-19-25(38)7-10-29(33)37)21-24-6-9-28(24)31(5-4-15-49-36)50-35(43)40(3)26-12-16-46-17-13-26/h4-5,7-8,10-11,19-20,24,26,28,31H,6,9,12-18,21-23H2,1-3H3,(H,39,42)/t24-,28+,31-,37-/m0/s1. The van der Waals surface area contributed by atoms with Crippen molar-refractivity contribution in [3.8, 4) is 11.5 Å². The van der Waals surface area contributed by atoms with E-state index in [9.17, 15) is 18.0 Å². The van der Waals surface area contributed by atoms with Crippen molar-refractivity contribution < 1.29 is 41.7 Å². The Morgan fingerprint density at radius 1 is 1.04 bits per heavy atom. The Kier molecular flexibility index (Phi) is 9.94. The van der Waals surface area contributed by atoms with Crippen LogP contribution in [0.2, 0.25) is 5.02 Å². The van der Waals surface area contributed by atoms with E-state index >= 15 is 0 Å². The van der Waals surface area contributed by atoms with Gasteiger partial charge >= 0.3 is 6.09 Å².